The number of hydrogen-bond acceptors (Lipinski definition) is 2. The molecule has 98 valence electrons. The van der Waals surface area contributed by atoms with Crippen LogP contribution in [0.5, 0.6) is 0 Å². The standard InChI is InChI=1S/C14H22NO.BrH.Hg/c1-12(2)7-5-8-14(4)11(12)6-9-13(3,10-15)16-14;;/h7,11H,5-6,8-9H2,1-4H3;1H;/q;;+1/p-1/t11-,13-,14-;;/m0../s1. The number of ether oxygens (including phenoxy) is 1. The average Bonchev–Trinajstić information content (AvgIpc) is 2.28. The molecule has 0 N–H and O–H groups in total. The molecule has 0 spiro atoms. The van der Waals surface area contributed by atoms with Crippen molar-refractivity contribution >= 4 is 11.9 Å². The predicted octanol–water partition coefficient (Wildman–Crippen LogP) is 4.45. The van der Waals surface area contributed by atoms with Crippen molar-refractivity contribution in [2.24, 2.45) is 11.3 Å². The molecule has 1 saturated carbocycles. The van der Waals surface area contributed by atoms with E-state index in [-0.39, 0.29) is 5.60 Å². The van der Waals surface area contributed by atoms with E-state index in [2.05, 4.69) is 38.7 Å². The molecule has 0 aromatic carbocycles. The van der Waals surface area contributed by atoms with Crippen molar-refractivity contribution in [1.29, 1.82) is 5.26 Å². The van der Waals surface area contributed by atoms with Crippen molar-refractivity contribution in [3.8, 4) is 6.07 Å². The van der Waals surface area contributed by atoms with Gasteiger partial charge in [0.25, 0.3) is 0 Å². The van der Waals surface area contributed by atoms with Crippen LogP contribution in [0.2, 0.25) is 3.43 Å². The molecule has 0 aromatic heterocycles. The zero-order chi connectivity index (χ0) is 13.6. The summed E-state index contributed by atoms with van der Waals surface area (Å²) in [5, 5.41) is 9.31. The fourth-order valence-corrected chi connectivity index (χ4v) is 18.4. The molecule has 2 rings (SSSR count). The molecular weight excluding hydrogens is 479 g/mol. The molecule has 1 aliphatic heterocycles. The van der Waals surface area contributed by atoms with E-state index in [0.717, 1.165) is 22.7 Å². The molecule has 2 aliphatic rings. The molecular formula is C14H22BrHgNO. The second-order valence-corrected chi connectivity index (χ2v) is 17.8. The predicted molar refractivity (Wildman–Crippen MR) is 71.9 cm³/mol. The first-order valence-corrected chi connectivity index (χ1v) is 22.0. The van der Waals surface area contributed by atoms with Crippen LogP contribution in [0.4, 0.5) is 0 Å². The summed E-state index contributed by atoms with van der Waals surface area (Å²) in [5.74, 6) is 0.614. The average molecular weight is 501 g/mol. The van der Waals surface area contributed by atoms with Crippen LogP contribution < -0.4 is 0 Å². The Labute approximate surface area is 129 Å². The molecule has 18 heavy (non-hydrogen) atoms. The second-order valence-electron chi connectivity index (χ2n) is 7.06. The molecule has 4 atom stereocenters. The van der Waals surface area contributed by atoms with Gasteiger partial charge < -0.3 is 0 Å². The topological polar surface area (TPSA) is 33.0 Å². The molecule has 0 radical (unpaired) electrons. The minimum absolute atomic E-state index is 0.0846. The van der Waals surface area contributed by atoms with Gasteiger partial charge >= 0.3 is 129 Å². The van der Waals surface area contributed by atoms with Crippen molar-refractivity contribution in [3.05, 3.63) is 0 Å². The van der Waals surface area contributed by atoms with E-state index >= 15 is 0 Å². The van der Waals surface area contributed by atoms with Crippen LogP contribution in [0.3, 0.4) is 0 Å². The van der Waals surface area contributed by atoms with Gasteiger partial charge in [0.05, 0.1) is 0 Å². The van der Waals surface area contributed by atoms with Crippen molar-refractivity contribution in [3.63, 3.8) is 0 Å². The Balaban J connectivity index is 2.28. The molecule has 0 bridgehead atoms. The van der Waals surface area contributed by atoms with Gasteiger partial charge in [-0.3, -0.25) is 0 Å². The van der Waals surface area contributed by atoms with Gasteiger partial charge in [0, 0.05) is 0 Å². The van der Waals surface area contributed by atoms with Gasteiger partial charge in [-0.2, -0.15) is 0 Å². The van der Waals surface area contributed by atoms with Crippen LogP contribution in [0.25, 0.3) is 0 Å². The molecule has 1 saturated heterocycles. The monoisotopic (exact) mass is 501 g/mol. The SMILES string of the molecule is CC1(C)[C@@H]([Hg][Br])CC[C@]2(C)O[C@](C)(C#N)CC[C@@H]12. The Hall–Kier alpha value is 0.865. The fourth-order valence-electron chi connectivity index (χ4n) is 4.22. The molecule has 2 fully saturated rings. The van der Waals surface area contributed by atoms with Crippen molar-refractivity contribution in [2.75, 3.05) is 0 Å². The molecule has 2 nitrogen and oxygen atoms in total. The van der Waals surface area contributed by atoms with Crippen molar-refractivity contribution < 1.29 is 26.9 Å². The van der Waals surface area contributed by atoms with Gasteiger partial charge in [-0.15, -0.1) is 0 Å². The number of hydrogen-bond donors (Lipinski definition) is 0. The minimum atomic E-state index is -0.884. The number of nitriles is 1. The number of rotatable bonds is 1. The van der Waals surface area contributed by atoms with Crippen LogP contribution in [-0.4, -0.2) is 11.2 Å². The second kappa shape index (κ2) is 5.00. The van der Waals surface area contributed by atoms with Crippen LogP contribution in [0, 0.1) is 22.7 Å². The Morgan fingerprint density at radius 3 is 2.44 bits per heavy atom. The van der Waals surface area contributed by atoms with Gasteiger partial charge in [-0.1, -0.05) is 0 Å². The summed E-state index contributed by atoms with van der Waals surface area (Å²) in [6, 6.07) is 2.37. The third-order valence-electron chi connectivity index (χ3n) is 5.47. The van der Waals surface area contributed by atoms with E-state index in [4.69, 9.17) is 4.74 Å². The number of halogens is 1. The van der Waals surface area contributed by atoms with E-state index in [1.54, 1.807) is 0 Å². The first-order chi connectivity index (χ1) is 8.27. The first-order valence-electron chi connectivity index (χ1n) is 6.95. The van der Waals surface area contributed by atoms with Crippen LogP contribution in [-0.2, 0) is 26.9 Å². The molecule has 1 aliphatic carbocycles. The van der Waals surface area contributed by atoms with E-state index in [9.17, 15) is 5.26 Å². The third-order valence-corrected chi connectivity index (χ3v) is 19.5. The first kappa shape index (κ1) is 15.3. The third kappa shape index (κ3) is 2.42. The number of nitrogens with zero attached hydrogens (tertiary/aromatic N) is 1. The van der Waals surface area contributed by atoms with E-state index < -0.39 is 27.7 Å². The zero-order valence-corrected chi connectivity index (χ0v) is 19.0. The van der Waals surface area contributed by atoms with Crippen LogP contribution >= 0.6 is 11.9 Å². The summed E-state index contributed by atoms with van der Waals surface area (Å²) in [5.41, 5.74) is -0.263. The Morgan fingerprint density at radius 2 is 1.89 bits per heavy atom. The normalized spacial score (nSPS) is 46.7. The van der Waals surface area contributed by atoms with E-state index in [1.807, 2.05) is 6.92 Å². The summed E-state index contributed by atoms with van der Waals surface area (Å²) in [4.78, 5) is 0. The molecule has 4 heteroatoms. The van der Waals surface area contributed by atoms with Gasteiger partial charge in [0.1, 0.15) is 0 Å². The maximum atomic E-state index is 9.31. The maximum absolute atomic E-state index is 9.31. The molecule has 0 amide bonds. The van der Waals surface area contributed by atoms with Crippen LogP contribution in [0.1, 0.15) is 53.4 Å². The summed E-state index contributed by atoms with van der Waals surface area (Å²) >= 11 is 3.00. The summed E-state index contributed by atoms with van der Waals surface area (Å²) in [7, 11) is 0. The molecule has 0 unspecified atom stereocenters. The van der Waals surface area contributed by atoms with Crippen molar-refractivity contribution in [1.82, 2.24) is 0 Å². The fraction of sp³-hybridized carbons (Fsp3) is 0.929. The van der Waals surface area contributed by atoms with E-state index in [0.29, 0.717) is 11.3 Å². The Bertz CT molecular complexity index is 380. The number of fused-ring (bicyclic) bond motifs is 1. The van der Waals surface area contributed by atoms with Gasteiger partial charge in [0.2, 0.25) is 0 Å². The van der Waals surface area contributed by atoms with E-state index in [1.165, 1.54) is 6.42 Å². The molecule has 0 aromatic rings. The van der Waals surface area contributed by atoms with Crippen molar-refractivity contribution in [2.45, 2.75) is 68.0 Å². The zero-order valence-electron chi connectivity index (χ0n) is 11.9. The van der Waals surface area contributed by atoms with Crippen LogP contribution in [0.15, 0.2) is 0 Å². The molecule has 1 heterocycles. The summed E-state index contributed by atoms with van der Waals surface area (Å²) in [6.07, 6.45) is 4.45. The summed E-state index contributed by atoms with van der Waals surface area (Å²) in [6.45, 7) is 9.06. The summed E-state index contributed by atoms with van der Waals surface area (Å²) < 4.78 is 7.23. The van der Waals surface area contributed by atoms with Gasteiger partial charge in [-0.25, -0.2) is 0 Å². The van der Waals surface area contributed by atoms with Gasteiger partial charge in [-0.05, 0) is 0 Å². The Morgan fingerprint density at radius 1 is 1.22 bits per heavy atom. The quantitative estimate of drug-likeness (QED) is 0.498. The Kier molecular flexibility index (Phi) is 4.24. The van der Waals surface area contributed by atoms with Gasteiger partial charge in [0.15, 0.2) is 0 Å².